The van der Waals surface area contributed by atoms with E-state index in [9.17, 15) is 9.18 Å². The number of rotatable bonds is 6. The molecule has 2 amide bonds. The molecule has 0 saturated carbocycles. The van der Waals surface area contributed by atoms with Crippen molar-refractivity contribution < 1.29 is 13.9 Å². The van der Waals surface area contributed by atoms with E-state index in [1.807, 2.05) is 25.2 Å². The van der Waals surface area contributed by atoms with Gasteiger partial charge >= 0.3 is 6.03 Å². The van der Waals surface area contributed by atoms with Crippen molar-refractivity contribution in [1.29, 1.82) is 0 Å². The van der Waals surface area contributed by atoms with Crippen LogP contribution in [0.2, 0.25) is 0 Å². The zero-order valence-electron chi connectivity index (χ0n) is 12.7. The van der Waals surface area contributed by atoms with Gasteiger partial charge in [0.1, 0.15) is 23.9 Å². The van der Waals surface area contributed by atoms with E-state index in [1.165, 1.54) is 12.1 Å². The van der Waals surface area contributed by atoms with Crippen LogP contribution in [-0.2, 0) is 6.42 Å². The highest BCUT2D eigenvalue weighted by Crippen LogP contribution is 2.38. The fourth-order valence-electron chi connectivity index (χ4n) is 2.48. The first-order valence-corrected chi connectivity index (χ1v) is 7.37. The van der Waals surface area contributed by atoms with E-state index < -0.39 is 6.03 Å². The molecule has 23 heavy (non-hydrogen) atoms. The van der Waals surface area contributed by atoms with Crippen molar-refractivity contribution in [2.75, 3.05) is 25.5 Å². The molecule has 3 rings (SSSR count). The molecular formula is C17H17FN3O2. The molecule has 0 fully saturated rings. The van der Waals surface area contributed by atoms with Gasteiger partial charge in [0.15, 0.2) is 0 Å². The monoisotopic (exact) mass is 314 g/mol. The van der Waals surface area contributed by atoms with Crippen molar-refractivity contribution in [1.82, 2.24) is 10.6 Å². The Labute approximate surface area is 133 Å². The van der Waals surface area contributed by atoms with E-state index >= 15 is 0 Å². The Morgan fingerprint density at radius 2 is 2.13 bits per heavy atom. The average molecular weight is 314 g/mol. The highest BCUT2D eigenvalue weighted by Gasteiger charge is 2.24. The summed E-state index contributed by atoms with van der Waals surface area (Å²) in [5.74, 6) is 0.292. The molecule has 0 atom stereocenters. The van der Waals surface area contributed by atoms with Crippen molar-refractivity contribution in [2.45, 2.75) is 6.42 Å². The number of likely N-dealkylation sites (N-methyl/N-ethyl adjacent to an activating group) is 1. The molecule has 2 N–H and O–H groups in total. The van der Waals surface area contributed by atoms with E-state index in [2.05, 4.69) is 16.0 Å². The number of fused-ring (bicyclic) bond motifs is 1. The van der Waals surface area contributed by atoms with E-state index in [0.29, 0.717) is 36.7 Å². The molecule has 0 saturated heterocycles. The Kier molecular flexibility index (Phi) is 4.43. The zero-order chi connectivity index (χ0) is 16.2. The maximum Gasteiger partial charge on any atom is 0.346 e. The summed E-state index contributed by atoms with van der Waals surface area (Å²) in [5.41, 5.74) is 2.93. The van der Waals surface area contributed by atoms with E-state index in [4.69, 9.17) is 4.74 Å². The lowest BCUT2D eigenvalue weighted by Crippen LogP contribution is -2.16. The van der Waals surface area contributed by atoms with Crippen molar-refractivity contribution in [2.24, 2.45) is 0 Å². The van der Waals surface area contributed by atoms with Crippen LogP contribution in [0.4, 0.5) is 20.6 Å². The summed E-state index contributed by atoms with van der Waals surface area (Å²) in [4.78, 5) is 11.5. The van der Waals surface area contributed by atoms with Gasteiger partial charge in [-0.1, -0.05) is 12.1 Å². The number of nitrogens with one attached hydrogen (secondary N) is 2. The second-order valence-corrected chi connectivity index (χ2v) is 5.29. The van der Waals surface area contributed by atoms with Gasteiger partial charge in [-0.25, -0.2) is 9.18 Å². The van der Waals surface area contributed by atoms with Crippen molar-refractivity contribution in [3.05, 3.63) is 53.3 Å². The Morgan fingerprint density at radius 1 is 1.26 bits per heavy atom. The van der Waals surface area contributed by atoms with Gasteiger partial charge in [0.25, 0.3) is 0 Å². The molecule has 0 aromatic heterocycles. The van der Waals surface area contributed by atoms with Crippen molar-refractivity contribution >= 4 is 17.4 Å². The van der Waals surface area contributed by atoms with Crippen LogP contribution in [0.25, 0.3) is 0 Å². The number of nitrogens with zero attached hydrogens (tertiary/aromatic N) is 1. The Balaban J connectivity index is 1.87. The van der Waals surface area contributed by atoms with Crippen LogP contribution in [0.1, 0.15) is 11.1 Å². The molecule has 119 valence electrons. The first kappa shape index (κ1) is 15.3. The van der Waals surface area contributed by atoms with Gasteiger partial charge in [0, 0.05) is 6.54 Å². The molecule has 0 spiro atoms. The molecule has 2 aromatic carbocycles. The summed E-state index contributed by atoms with van der Waals surface area (Å²) in [6.07, 6.45) is 0.545. The summed E-state index contributed by atoms with van der Waals surface area (Å²) < 4.78 is 19.0. The highest BCUT2D eigenvalue weighted by molar-refractivity contribution is 6.04. The number of ether oxygens (including phenoxy) is 1. The SMILES string of the molecule is CNCCOc1cc(Cc2cccc(F)c2)cc2c1[N]C(=O)N2. The van der Waals surface area contributed by atoms with Crippen LogP contribution in [0.3, 0.4) is 0 Å². The van der Waals surface area contributed by atoms with Crippen LogP contribution in [0.15, 0.2) is 36.4 Å². The molecule has 0 bridgehead atoms. The average Bonchev–Trinajstić information content (AvgIpc) is 2.88. The van der Waals surface area contributed by atoms with Crippen LogP contribution in [0, 0.1) is 5.82 Å². The maximum atomic E-state index is 13.3. The minimum absolute atomic E-state index is 0.266. The fraction of sp³-hybridized carbons (Fsp3) is 0.235. The predicted octanol–water partition coefficient (Wildman–Crippen LogP) is 2.80. The number of carbonyl (C=O) groups is 1. The standard InChI is InChI=1S/C17H17FN3O2/c1-19-5-6-23-15-10-12(7-11-3-2-4-13(18)8-11)9-14-16(15)21-17(22)20-14/h2-4,8-10,19H,5-7H2,1H3,(H,20,22). The number of halogens is 1. The molecule has 5 nitrogen and oxygen atoms in total. The lowest BCUT2D eigenvalue weighted by molar-refractivity contribution is 0.255. The van der Waals surface area contributed by atoms with Gasteiger partial charge in [-0.2, -0.15) is 5.32 Å². The Bertz CT molecular complexity index is 734. The molecule has 1 radical (unpaired) electrons. The topological polar surface area (TPSA) is 64.5 Å². The highest BCUT2D eigenvalue weighted by atomic mass is 19.1. The number of anilines is 1. The molecule has 1 heterocycles. The maximum absolute atomic E-state index is 13.3. The smallest absolute Gasteiger partial charge is 0.346 e. The lowest BCUT2D eigenvalue weighted by Gasteiger charge is -2.12. The lowest BCUT2D eigenvalue weighted by atomic mass is 10.0. The minimum atomic E-state index is -0.402. The number of benzene rings is 2. The molecule has 6 heteroatoms. The summed E-state index contributed by atoms with van der Waals surface area (Å²) in [5, 5.41) is 9.62. The second kappa shape index (κ2) is 6.66. The molecular weight excluding hydrogens is 297 g/mol. The first-order chi connectivity index (χ1) is 11.2. The van der Waals surface area contributed by atoms with Gasteiger partial charge in [0.2, 0.25) is 0 Å². The zero-order valence-corrected chi connectivity index (χ0v) is 12.7. The quantitative estimate of drug-likeness (QED) is 0.806. The van der Waals surface area contributed by atoms with Gasteiger partial charge in [-0.05, 0) is 48.9 Å². The first-order valence-electron chi connectivity index (χ1n) is 7.37. The molecule has 1 aliphatic rings. The second-order valence-electron chi connectivity index (χ2n) is 5.29. The van der Waals surface area contributed by atoms with Gasteiger partial charge < -0.3 is 15.4 Å². The number of urea groups is 1. The van der Waals surface area contributed by atoms with Crippen LogP contribution < -0.4 is 20.7 Å². The Hall–Kier alpha value is -2.60. The van der Waals surface area contributed by atoms with E-state index in [-0.39, 0.29) is 5.82 Å². The van der Waals surface area contributed by atoms with Gasteiger partial charge in [-0.15, -0.1) is 0 Å². The van der Waals surface area contributed by atoms with Crippen molar-refractivity contribution in [3.63, 3.8) is 0 Å². The molecule has 1 aliphatic heterocycles. The van der Waals surface area contributed by atoms with Crippen LogP contribution >= 0.6 is 0 Å². The summed E-state index contributed by atoms with van der Waals surface area (Å²) in [6.45, 7) is 1.15. The molecule has 0 unspecified atom stereocenters. The minimum Gasteiger partial charge on any atom is -0.490 e. The fourth-order valence-corrected chi connectivity index (χ4v) is 2.48. The van der Waals surface area contributed by atoms with Gasteiger partial charge in [0.05, 0.1) is 5.69 Å². The number of carbonyl (C=O) groups excluding carboxylic acids is 1. The largest absolute Gasteiger partial charge is 0.490 e. The van der Waals surface area contributed by atoms with E-state index in [0.717, 1.165) is 11.1 Å². The summed E-state index contributed by atoms with van der Waals surface area (Å²) in [6, 6.07) is 9.75. The molecule has 2 aromatic rings. The third-order valence-electron chi connectivity index (χ3n) is 3.50. The third-order valence-corrected chi connectivity index (χ3v) is 3.50. The number of amides is 2. The molecule has 0 aliphatic carbocycles. The van der Waals surface area contributed by atoms with Gasteiger partial charge in [-0.3, -0.25) is 0 Å². The summed E-state index contributed by atoms with van der Waals surface area (Å²) in [7, 11) is 1.84. The normalized spacial score (nSPS) is 12.5. The van der Waals surface area contributed by atoms with E-state index in [1.54, 1.807) is 6.07 Å². The number of hydrogen-bond donors (Lipinski definition) is 2. The predicted molar refractivity (Wildman–Crippen MR) is 85.9 cm³/mol. The third kappa shape index (κ3) is 3.60. The Morgan fingerprint density at radius 3 is 2.91 bits per heavy atom. The number of hydrogen-bond acceptors (Lipinski definition) is 3. The van der Waals surface area contributed by atoms with Crippen LogP contribution in [0.5, 0.6) is 5.75 Å². The van der Waals surface area contributed by atoms with Crippen LogP contribution in [-0.4, -0.2) is 26.2 Å². The summed E-state index contributed by atoms with van der Waals surface area (Å²) >= 11 is 0. The van der Waals surface area contributed by atoms with Crippen molar-refractivity contribution in [3.8, 4) is 5.75 Å².